The normalized spacial score (nSPS) is 10.7. The molecule has 3 rings (SSSR count). The highest BCUT2D eigenvalue weighted by Gasteiger charge is 2.08. The van der Waals surface area contributed by atoms with Gasteiger partial charge < -0.3 is 15.3 Å². The smallest absolute Gasteiger partial charge is 0.305 e. The van der Waals surface area contributed by atoms with Crippen LogP contribution >= 0.6 is 0 Å². The van der Waals surface area contributed by atoms with Crippen LogP contribution in [0.4, 0.5) is 5.69 Å². The fraction of sp³-hybridized carbons (Fsp3) is 0.250. The summed E-state index contributed by atoms with van der Waals surface area (Å²) >= 11 is 0. The summed E-state index contributed by atoms with van der Waals surface area (Å²) in [5.41, 5.74) is 3.15. The molecule has 0 saturated carbocycles. The second-order valence-corrected chi connectivity index (χ2v) is 7.15. The number of hydrogen-bond acceptors (Lipinski definition) is 3. The first-order valence-electron chi connectivity index (χ1n) is 9.78. The average Bonchev–Trinajstić information content (AvgIpc) is 2.72. The fourth-order valence-corrected chi connectivity index (χ4v) is 3.35. The molecule has 1 amide bonds. The van der Waals surface area contributed by atoms with E-state index in [4.69, 9.17) is 5.11 Å². The van der Waals surface area contributed by atoms with Crippen LogP contribution in [-0.4, -0.2) is 37.1 Å². The molecule has 0 aromatic heterocycles. The van der Waals surface area contributed by atoms with Crippen molar-refractivity contribution < 1.29 is 14.7 Å². The topological polar surface area (TPSA) is 69.6 Å². The Hall–Kier alpha value is -3.34. The standard InChI is InChI=1S/C24H26N2O3/c1-26(15-13-24(28)29)21-11-10-19-8-5-9-20(22(19)17-21)12-14-25-23(27)16-18-6-3-2-4-7-18/h2-11,17H,12-16H2,1H3,(H,25,27)(H,28,29). The lowest BCUT2D eigenvalue weighted by Gasteiger charge is -2.19. The fourth-order valence-electron chi connectivity index (χ4n) is 3.35. The summed E-state index contributed by atoms with van der Waals surface area (Å²) in [6.07, 6.45) is 1.22. The first-order valence-corrected chi connectivity index (χ1v) is 9.78. The molecule has 0 unspecified atom stereocenters. The van der Waals surface area contributed by atoms with Crippen molar-refractivity contribution in [3.05, 3.63) is 77.9 Å². The molecule has 150 valence electrons. The van der Waals surface area contributed by atoms with E-state index in [-0.39, 0.29) is 12.3 Å². The quantitative estimate of drug-likeness (QED) is 0.585. The van der Waals surface area contributed by atoms with Gasteiger partial charge in [-0.2, -0.15) is 0 Å². The molecule has 0 radical (unpaired) electrons. The second kappa shape index (κ2) is 9.73. The van der Waals surface area contributed by atoms with Crippen LogP contribution in [0.25, 0.3) is 10.8 Å². The zero-order chi connectivity index (χ0) is 20.6. The molecule has 0 saturated heterocycles. The van der Waals surface area contributed by atoms with E-state index in [2.05, 4.69) is 29.6 Å². The number of amides is 1. The van der Waals surface area contributed by atoms with Gasteiger partial charge in [-0.15, -0.1) is 0 Å². The van der Waals surface area contributed by atoms with Gasteiger partial charge in [-0.1, -0.05) is 54.6 Å². The van der Waals surface area contributed by atoms with Crippen molar-refractivity contribution in [3.8, 4) is 0 Å². The molecule has 2 N–H and O–H groups in total. The highest BCUT2D eigenvalue weighted by Crippen LogP contribution is 2.25. The monoisotopic (exact) mass is 390 g/mol. The van der Waals surface area contributed by atoms with E-state index in [0.717, 1.165) is 34.0 Å². The number of carboxylic acid groups (broad SMARTS) is 1. The van der Waals surface area contributed by atoms with Crippen molar-refractivity contribution >= 4 is 28.3 Å². The van der Waals surface area contributed by atoms with Crippen LogP contribution in [0.1, 0.15) is 17.5 Å². The van der Waals surface area contributed by atoms with Crippen molar-refractivity contribution in [1.82, 2.24) is 5.32 Å². The highest BCUT2D eigenvalue weighted by atomic mass is 16.4. The SMILES string of the molecule is CN(CCC(=O)O)c1ccc2cccc(CCNC(=O)Cc3ccccc3)c2c1. The molecule has 0 heterocycles. The third-order valence-electron chi connectivity index (χ3n) is 4.98. The Balaban J connectivity index is 1.64. The second-order valence-electron chi connectivity index (χ2n) is 7.15. The Kier molecular flexibility index (Phi) is 6.85. The number of nitrogens with one attached hydrogen (secondary N) is 1. The van der Waals surface area contributed by atoms with E-state index in [1.54, 1.807) is 0 Å². The van der Waals surface area contributed by atoms with Gasteiger partial charge in [0.1, 0.15) is 0 Å². The summed E-state index contributed by atoms with van der Waals surface area (Å²) in [7, 11) is 1.90. The van der Waals surface area contributed by atoms with Gasteiger partial charge in [-0.3, -0.25) is 9.59 Å². The average molecular weight is 390 g/mol. The van der Waals surface area contributed by atoms with Gasteiger partial charge in [0.25, 0.3) is 0 Å². The van der Waals surface area contributed by atoms with Crippen LogP contribution in [0.5, 0.6) is 0 Å². The molecule has 3 aromatic rings. The molecule has 29 heavy (non-hydrogen) atoms. The van der Waals surface area contributed by atoms with Crippen molar-refractivity contribution in [1.29, 1.82) is 0 Å². The molecule has 0 fully saturated rings. The van der Waals surface area contributed by atoms with E-state index in [1.807, 2.05) is 54.4 Å². The Labute approximate surface area is 171 Å². The Morgan fingerprint density at radius 1 is 1.00 bits per heavy atom. The molecule has 0 aliphatic rings. The Morgan fingerprint density at radius 2 is 1.79 bits per heavy atom. The summed E-state index contributed by atoms with van der Waals surface area (Å²) in [6.45, 7) is 1.03. The maximum absolute atomic E-state index is 12.2. The van der Waals surface area contributed by atoms with Gasteiger partial charge in [0, 0.05) is 25.8 Å². The van der Waals surface area contributed by atoms with E-state index >= 15 is 0 Å². The minimum Gasteiger partial charge on any atom is -0.481 e. The minimum absolute atomic E-state index is 0.0190. The van der Waals surface area contributed by atoms with Crippen molar-refractivity contribution in [2.45, 2.75) is 19.3 Å². The molecule has 0 aliphatic carbocycles. The number of nitrogens with zero attached hydrogens (tertiary/aromatic N) is 1. The minimum atomic E-state index is -0.801. The summed E-state index contributed by atoms with van der Waals surface area (Å²) < 4.78 is 0. The molecule has 5 nitrogen and oxygen atoms in total. The zero-order valence-corrected chi connectivity index (χ0v) is 16.6. The van der Waals surface area contributed by atoms with Crippen LogP contribution in [0.2, 0.25) is 0 Å². The number of carbonyl (C=O) groups is 2. The number of aliphatic carboxylic acids is 1. The first-order chi connectivity index (χ1) is 14.0. The van der Waals surface area contributed by atoms with Crippen LogP contribution in [0.15, 0.2) is 66.7 Å². The summed E-state index contributed by atoms with van der Waals surface area (Å²) in [5, 5.41) is 14.2. The predicted octanol–water partition coefficient (Wildman–Crippen LogP) is 3.65. The van der Waals surface area contributed by atoms with E-state index < -0.39 is 5.97 Å². The van der Waals surface area contributed by atoms with Crippen LogP contribution in [0, 0.1) is 0 Å². The maximum Gasteiger partial charge on any atom is 0.305 e. The van der Waals surface area contributed by atoms with E-state index in [1.165, 1.54) is 0 Å². The van der Waals surface area contributed by atoms with Gasteiger partial charge in [0.05, 0.1) is 12.8 Å². The maximum atomic E-state index is 12.2. The number of carbonyl (C=O) groups excluding carboxylic acids is 1. The lowest BCUT2D eigenvalue weighted by molar-refractivity contribution is -0.136. The lowest BCUT2D eigenvalue weighted by atomic mass is 10.0. The van der Waals surface area contributed by atoms with Crippen molar-refractivity contribution in [2.75, 3.05) is 25.0 Å². The molecular weight excluding hydrogens is 364 g/mol. The molecule has 3 aromatic carbocycles. The largest absolute Gasteiger partial charge is 0.481 e. The van der Waals surface area contributed by atoms with E-state index in [9.17, 15) is 9.59 Å². The van der Waals surface area contributed by atoms with Gasteiger partial charge in [0.2, 0.25) is 5.91 Å². The highest BCUT2D eigenvalue weighted by molar-refractivity contribution is 5.89. The van der Waals surface area contributed by atoms with Gasteiger partial charge in [0.15, 0.2) is 0 Å². The molecule has 0 aliphatic heterocycles. The zero-order valence-electron chi connectivity index (χ0n) is 16.6. The number of benzene rings is 3. The lowest BCUT2D eigenvalue weighted by Crippen LogP contribution is -2.27. The summed E-state index contributed by atoms with van der Waals surface area (Å²) in [4.78, 5) is 25.0. The molecule has 0 bridgehead atoms. The van der Waals surface area contributed by atoms with Gasteiger partial charge in [-0.05, 0) is 40.5 Å². The van der Waals surface area contributed by atoms with Crippen LogP contribution in [-0.2, 0) is 22.4 Å². The molecule has 0 atom stereocenters. The third kappa shape index (κ3) is 5.82. The molecule has 0 spiro atoms. The third-order valence-corrected chi connectivity index (χ3v) is 4.98. The predicted molar refractivity (Wildman–Crippen MR) is 116 cm³/mol. The number of rotatable bonds is 9. The Bertz CT molecular complexity index is 986. The number of hydrogen-bond donors (Lipinski definition) is 2. The summed E-state index contributed by atoms with van der Waals surface area (Å²) in [5.74, 6) is -0.782. The van der Waals surface area contributed by atoms with Crippen molar-refractivity contribution in [3.63, 3.8) is 0 Å². The van der Waals surface area contributed by atoms with Gasteiger partial charge >= 0.3 is 5.97 Å². The number of carboxylic acids is 1. The van der Waals surface area contributed by atoms with E-state index in [0.29, 0.717) is 19.5 Å². The first kappa shape index (κ1) is 20.4. The molecule has 5 heteroatoms. The van der Waals surface area contributed by atoms with Crippen molar-refractivity contribution in [2.24, 2.45) is 0 Å². The van der Waals surface area contributed by atoms with Crippen LogP contribution < -0.4 is 10.2 Å². The molecular formula is C24H26N2O3. The number of fused-ring (bicyclic) bond motifs is 1. The number of anilines is 1. The van der Waals surface area contributed by atoms with Crippen LogP contribution in [0.3, 0.4) is 0 Å². The summed E-state index contributed by atoms with van der Waals surface area (Å²) in [6, 6.07) is 22.0. The Morgan fingerprint density at radius 3 is 2.55 bits per heavy atom. The van der Waals surface area contributed by atoms with Gasteiger partial charge in [-0.25, -0.2) is 0 Å².